The molecule has 0 amide bonds. The minimum Gasteiger partial charge on any atom is -0.489 e. The molecule has 0 unspecified atom stereocenters. The number of hydrogen-bond acceptors (Lipinski definition) is 3. The van der Waals surface area contributed by atoms with Gasteiger partial charge in [-0.25, -0.2) is 9.37 Å². The Morgan fingerprint density at radius 2 is 2.12 bits per heavy atom. The quantitative estimate of drug-likeness (QED) is 0.913. The monoisotopic (exact) mass is 252 g/mol. The van der Waals surface area contributed by atoms with E-state index in [-0.39, 0.29) is 5.02 Å². The molecule has 3 nitrogen and oxygen atoms in total. The molecule has 0 bridgehead atoms. The van der Waals surface area contributed by atoms with Crippen molar-refractivity contribution in [2.24, 2.45) is 0 Å². The molecule has 2 N–H and O–H groups in total. The van der Waals surface area contributed by atoms with Crippen molar-refractivity contribution in [1.29, 1.82) is 0 Å². The van der Waals surface area contributed by atoms with Crippen molar-refractivity contribution in [3.63, 3.8) is 0 Å². The summed E-state index contributed by atoms with van der Waals surface area (Å²) in [7, 11) is 0. The molecule has 0 radical (unpaired) electrons. The largest absolute Gasteiger partial charge is 0.489 e. The van der Waals surface area contributed by atoms with Gasteiger partial charge in [-0.15, -0.1) is 0 Å². The van der Waals surface area contributed by atoms with Crippen molar-refractivity contribution >= 4 is 17.4 Å². The van der Waals surface area contributed by atoms with E-state index in [1.54, 1.807) is 24.4 Å². The Balaban J connectivity index is 2.05. The van der Waals surface area contributed by atoms with Crippen LogP contribution in [0.4, 0.5) is 10.2 Å². The van der Waals surface area contributed by atoms with E-state index in [4.69, 9.17) is 22.1 Å². The van der Waals surface area contributed by atoms with Crippen LogP contribution in [-0.2, 0) is 6.61 Å². The van der Waals surface area contributed by atoms with Crippen molar-refractivity contribution in [3.8, 4) is 5.75 Å². The summed E-state index contributed by atoms with van der Waals surface area (Å²) in [6, 6.07) is 7.78. The Morgan fingerprint density at radius 1 is 1.29 bits per heavy atom. The summed E-state index contributed by atoms with van der Waals surface area (Å²) < 4.78 is 18.5. The lowest BCUT2D eigenvalue weighted by Crippen LogP contribution is -1.98. The maximum atomic E-state index is 13.1. The Kier molecular flexibility index (Phi) is 3.44. The molecule has 0 saturated heterocycles. The van der Waals surface area contributed by atoms with Crippen molar-refractivity contribution in [1.82, 2.24) is 4.98 Å². The first kappa shape index (κ1) is 11.7. The molecule has 0 atom stereocenters. The number of rotatable bonds is 3. The van der Waals surface area contributed by atoms with Crippen LogP contribution in [0.1, 0.15) is 5.56 Å². The Morgan fingerprint density at radius 3 is 2.82 bits per heavy atom. The third-order valence-electron chi connectivity index (χ3n) is 2.14. The summed E-state index contributed by atoms with van der Waals surface area (Å²) in [4.78, 5) is 3.87. The lowest BCUT2D eigenvalue weighted by Gasteiger charge is -2.07. The molecular formula is C12H10ClFN2O. The van der Waals surface area contributed by atoms with Crippen molar-refractivity contribution in [2.75, 3.05) is 5.73 Å². The van der Waals surface area contributed by atoms with Crippen molar-refractivity contribution in [2.45, 2.75) is 6.61 Å². The topological polar surface area (TPSA) is 48.1 Å². The molecular weight excluding hydrogens is 243 g/mol. The molecule has 0 aliphatic heterocycles. The van der Waals surface area contributed by atoms with Crippen LogP contribution in [0.2, 0.25) is 5.02 Å². The number of nitrogen functional groups attached to an aromatic ring is 1. The van der Waals surface area contributed by atoms with Gasteiger partial charge in [-0.1, -0.05) is 11.6 Å². The summed E-state index contributed by atoms with van der Waals surface area (Å²) in [5, 5.41) is 0.0745. The molecule has 2 aromatic rings. The van der Waals surface area contributed by atoms with Crippen LogP contribution in [0.3, 0.4) is 0 Å². The van der Waals surface area contributed by atoms with Gasteiger partial charge in [-0.3, -0.25) is 0 Å². The first-order chi connectivity index (χ1) is 8.15. The molecule has 0 aliphatic carbocycles. The van der Waals surface area contributed by atoms with Gasteiger partial charge in [0.1, 0.15) is 24.0 Å². The number of nitrogens with zero attached hydrogens (tertiary/aromatic N) is 1. The number of hydrogen-bond donors (Lipinski definition) is 1. The third kappa shape index (κ3) is 3.07. The van der Waals surface area contributed by atoms with Gasteiger partial charge in [-0.2, -0.15) is 0 Å². The molecule has 1 aromatic heterocycles. The van der Waals surface area contributed by atoms with E-state index in [1.165, 1.54) is 12.1 Å². The average molecular weight is 253 g/mol. The van der Waals surface area contributed by atoms with Gasteiger partial charge >= 0.3 is 0 Å². The molecule has 5 heteroatoms. The van der Waals surface area contributed by atoms with E-state index >= 15 is 0 Å². The number of halogens is 2. The number of ether oxygens (including phenoxy) is 1. The second-order valence-corrected chi connectivity index (χ2v) is 3.86. The van der Waals surface area contributed by atoms with E-state index < -0.39 is 5.82 Å². The van der Waals surface area contributed by atoms with Crippen molar-refractivity contribution < 1.29 is 9.13 Å². The fraction of sp³-hybridized carbons (Fsp3) is 0.0833. The number of anilines is 1. The smallest absolute Gasteiger partial charge is 0.145 e. The molecule has 2 rings (SSSR count). The fourth-order valence-corrected chi connectivity index (χ4v) is 1.44. The lowest BCUT2D eigenvalue weighted by molar-refractivity contribution is 0.304. The molecule has 0 saturated carbocycles. The molecule has 1 heterocycles. The van der Waals surface area contributed by atoms with Gasteiger partial charge < -0.3 is 10.5 Å². The number of benzene rings is 1. The normalized spacial score (nSPS) is 10.2. The van der Waals surface area contributed by atoms with E-state index in [9.17, 15) is 4.39 Å². The molecule has 0 aliphatic rings. The minimum atomic E-state index is -0.501. The van der Waals surface area contributed by atoms with Gasteiger partial charge in [-0.05, 0) is 29.8 Å². The zero-order valence-electron chi connectivity index (χ0n) is 8.86. The van der Waals surface area contributed by atoms with E-state index in [2.05, 4.69) is 4.98 Å². The highest BCUT2D eigenvalue weighted by atomic mass is 35.5. The Labute approximate surface area is 103 Å². The zero-order valence-corrected chi connectivity index (χ0v) is 9.62. The molecule has 1 aromatic carbocycles. The highest BCUT2D eigenvalue weighted by molar-refractivity contribution is 6.30. The van der Waals surface area contributed by atoms with Gasteiger partial charge in [0.2, 0.25) is 0 Å². The predicted octanol–water partition coefficient (Wildman–Crippen LogP) is 3.04. The maximum Gasteiger partial charge on any atom is 0.145 e. The maximum absolute atomic E-state index is 13.1. The number of pyridine rings is 1. The highest BCUT2D eigenvalue weighted by Gasteiger charge is 2.02. The first-order valence-electron chi connectivity index (χ1n) is 4.93. The third-order valence-corrected chi connectivity index (χ3v) is 2.45. The summed E-state index contributed by atoms with van der Waals surface area (Å²) >= 11 is 5.56. The Hall–Kier alpha value is -1.81. The van der Waals surface area contributed by atoms with Crippen LogP contribution < -0.4 is 10.5 Å². The SMILES string of the molecule is Nc1cc(COc2ccc(Cl)c(F)c2)ccn1. The van der Waals surface area contributed by atoms with E-state index in [1.807, 2.05) is 0 Å². The van der Waals surface area contributed by atoms with Crippen LogP contribution in [-0.4, -0.2) is 4.98 Å². The zero-order chi connectivity index (χ0) is 12.3. The summed E-state index contributed by atoms with van der Waals surface area (Å²) in [6.07, 6.45) is 1.59. The molecule has 0 fully saturated rings. The summed E-state index contributed by atoms with van der Waals surface area (Å²) in [5.74, 6) is 0.342. The van der Waals surface area contributed by atoms with Crippen LogP contribution in [0, 0.1) is 5.82 Å². The number of nitrogens with two attached hydrogens (primary N) is 1. The van der Waals surface area contributed by atoms with Crippen molar-refractivity contribution in [3.05, 3.63) is 52.9 Å². The standard InChI is InChI=1S/C12H10ClFN2O/c13-10-2-1-9(6-11(10)14)17-7-8-3-4-16-12(15)5-8/h1-6H,7H2,(H2,15,16). The summed E-state index contributed by atoms with van der Waals surface area (Å²) in [5.41, 5.74) is 6.40. The number of aromatic nitrogens is 1. The fourth-order valence-electron chi connectivity index (χ4n) is 1.32. The van der Waals surface area contributed by atoms with Crippen LogP contribution >= 0.6 is 11.6 Å². The van der Waals surface area contributed by atoms with Crippen LogP contribution in [0.15, 0.2) is 36.5 Å². The minimum absolute atomic E-state index is 0.0745. The van der Waals surface area contributed by atoms with Crippen LogP contribution in [0.5, 0.6) is 5.75 Å². The first-order valence-corrected chi connectivity index (χ1v) is 5.31. The molecule has 17 heavy (non-hydrogen) atoms. The van der Waals surface area contributed by atoms with Gasteiger partial charge in [0.25, 0.3) is 0 Å². The van der Waals surface area contributed by atoms with Gasteiger partial charge in [0.15, 0.2) is 0 Å². The highest BCUT2D eigenvalue weighted by Crippen LogP contribution is 2.21. The average Bonchev–Trinajstić information content (AvgIpc) is 2.31. The second-order valence-electron chi connectivity index (χ2n) is 3.45. The lowest BCUT2D eigenvalue weighted by atomic mass is 10.3. The van der Waals surface area contributed by atoms with E-state index in [0.717, 1.165) is 5.56 Å². The summed E-state index contributed by atoms with van der Waals surface area (Å²) in [6.45, 7) is 0.299. The predicted molar refractivity (Wildman–Crippen MR) is 64.4 cm³/mol. The van der Waals surface area contributed by atoms with Gasteiger partial charge in [0.05, 0.1) is 5.02 Å². The molecule has 88 valence electrons. The molecule has 0 spiro atoms. The van der Waals surface area contributed by atoms with E-state index in [0.29, 0.717) is 18.2 Å². The second kappa shape index (κ2) is 5.01. The van der Waals surface area contributed by atoms with Gasteiger partial charge in [0, 0.05) is 12.3 Å². The Bertz CT molecular complexity index is 534. The van der Waals surface area contributed by atoms with Crippen LogP contribution in [0.25, 0.3) is 0 Å².